The van der Waals surface area contributed by atoms with Crippen LogP contribution in [0.1, 0.15) is 0 Å². The minimum atomic E-state index is 1.10. The van der Waals surface area contributed by atoms with Crippen molar-refractivity contribution in [3.63, 3.8) is 0 Å². The van der Waals surface area contributed by atoms with Crippen LogP contribution in [0.25, 0.3) is 41.7 Å². The van der Waals surface area contributed by atoms with Gasteiger partial charge in [0.15, 0.2) is 0 Å². The molecule has 1 heterocycles. The Morgan fingerprint density at radius 2 is 0.567 bits per heavy atom. The van der Waals surface area contributed by atoms with Gasteiger partial charge in [-0.25, -0.2) is 0 Å². The summed E-state index contributed by atoms with van der Waals surface area (Å²) in [5.41, 5.74) is 10.1. The summed E-state index contributed by atoms with van der Waals surface area (Å²) in [7, 11) is 0. The van der Waals surface area contributed by atoms with Crippen LogP contribution in [0.3, 0.4) is 0 Å². The van der Waals surface area contributed by atoms with E-state index in [4.69, 9.17) is 0 Å². The highest BCUT2D eigenvalue weighted by atomic mass is 32.1. The van der Waals surface area contributed by atoms with Gasteiger partial charge in [-0.1, -0.05) is 158 Å². The summed E-state index contributed by atoms with van der Waals surface area (Å²) in [6.45, 7) is 0. The summed E-state index contributed by atoms with van der Waals surface area (Å²) in [5.74, 6) is 0. The molecule has 0 N–H and O–H groups in total. The van der Waals surface area contributed by atoms with E-state index in [0.717, 1.165) is 51.2 Å². The molecule has 1 aromatic heterocycles. The van der Waals surface area contributed by atoms with Crippen LogP contribution in [-0.2, 0) is 0 Å². The number of hydrogen-bond acceptors (Lipinski definition) is 4. The van der Waals surface area contributed by atoms with Crippen molar-refractivity contribution >= 4 is 104 Å². The first-order valence-electron chi connectivity index (χ1n) is 20.4. The first kappa shape index (κ1) is 35.5. The summed E-state index contributed by atoms with van der Waals surface area (Å²) in [6.07, 6.45) is 0. The fraction of sp³-hybridized carbons (Fsp3) is 0. The predicted molar refractivity (Wildman–Crippen MR) is 258 cm³/mol. The van der Waals surface area contributed by atoms with Crippen LogP contribution in [0.4, 0.5) is 51.2 Å². The number of anilines is 9. The zero-order chi connectivity index (χ0) is 39.8. The van der Waals surface area contributed by atoms with E-state index in [0.29, 0.717) is 0 Å². The fourth-order valence-corrected chi connectivity index (χ4v) is 10.2. The topological polar surface area (TPSA) is 9.72 Å². The number of benzene rings is 10. The van der Waals surface area contributed by atoms with Gasteiger partial charge in [-0.2, -0.15) is 0 Å². The maximum absolute atomic E-state index is 2.47. The minimum Gasteiger partial charge on any atom is -0.310 e. The van der Waals surface area contributed by atoms with Crippen molar-refractivity contribution in [3.05, 3.63) is 237 Å². The first-order valence-corrected chi connectivity index (χ1v) is 21.2. The maximum Gasteiger partial charge on any atom is 0.0720 e. The van der Waals surface area contributed by atoms with Gasteiger partial charge in [0.2, 0.25) is 0 Å². The molecule has 0 bridgehead atoms. The number of rotatable bonds is 9. The molecular formula is C56H39N3S. The Hall–Kier alpha value is -7.66. The van der Waals surface area contributed by atoms with E-state index in [9.17, 15) is 0 Å². The van der Waals surface area contributed by atoms with Gasteiger partial charge in [-0.15, -0.1) is 11.3 Å². The molecule has 0 amide bonds. The molecule has 0 atom stereocenters. The molecular weight excluding hydrogens is 747 g/mol. The second-order valence-corrected chi connectivity index (χ2v) is 15.9. The third-order valence-electron chi connectivity index (χ3n) is 11.3. The Morgan fingerprint density at radius 3 is 0.983 bits per heavy atom. The summed E-state index contributed by atoms with van der Waals surface area (Å²) < 4.78 is 2.47. The van der Waals surface area contributed by atoms with Crippen molar-refractivity contribution < 1.29 is 0 Å². The lowest BCUT2D eigenvalue weighted by Gasteiger charge is -2.32. The lowest BCUT2D eigenvalue weighted by atomic mass is 9.96. The van der Waals surface area contributed by atoms with E-state index in [2.05, 4.69) is 251 Å². The SMILES string of the molecule is c1ccc(N(c2ccccc2)c2cc3c(sc4c(N(c5ccccc5)c5ccccc5)c5ccccc5c(N(c5ccccc5)c5ccccc5)c43)c3ccccc23)cc1. The molecule has 0 aliphatic carbocycles. The molecule has 11 aromatic rings. The van der Waals surface area contributed by atoms with Crippen molar-refractivity contribution in [1.29, 1.82) is 0 Å². The van der Waals surface area contributed by atoms with Crippen molar-refractivity contribution in [2.75, 3.05) is 14.7 Å². The Balaban J connectivity index is 1.36. The first-order chi connectivity index (χ1) is 29.8. The summed E-state index contributed by atoms with van der Waals surface area (Å²) >= 11 is 1.90. The average Bonchev–Trinajstić information content (AvgIpc) is 3.71. The van der Waals surface area contributed by atoms with E-state index in [-0.39, 0.29) is 0 Å². The monoisotopic (exact) mass is 785 g/mol. The van der Waals surface area contributed by atoms with Crippen LogP contribution < -0.4 is 14.7 Å². The van der Waals surface area contributed by atoms with Gasteiger partial charge >= 0.3 is 0 Å². The van der Waals surface area contributed by atoms with E-state index in [1.54, 1.807) is 0 Å². The number of nitrogens with zero attached hydrogens (tertiary/aromatic N) is 3. The van der Waals surface area contributed by atoms with Gasteiger partial charge in [-0.3, -0.25) is 0 Å². The van der Waals surface area contributed by atoms with Crippen molar-refractivity contribution in [1.82, 2.24) is 0 Å². The van der Waals surface area contributed by atoms with Crippen LogP contribution in [0.15, 0.2) is 237 Å². The molecule has 4 heteroatoms. The zero-order valence-corrected chi connectivity index (χ0v) is 33.6. The van der Waals surface area contributed by atoms with E-state index in [1.165, 1.54) is 41.7 Å². The zero-order valence-electron chi connectivity index (χ0n) is 32.8. The number of hydrogen-bond donors (Lipinski definition) is 0. The second kappa shape index (κ2) is 15.3. The van der Waals surface area contributed by atoms with Crippen molar-refractivity contribution in [2.24, 2.45) is 0 Å². The third kappa shape index (κ3) is 6.05. The quantitative estimate of drug-likeness (QED) is 0.135. The normalized spacial score (nSPS) is 11.3. The fourth-order valence-electron chi connectivity index (χ4n) is 8.80. The van der Waals surface area contributed by atoms with Gasteiger partial charge in [-0.05, 0) is 78.9 Å². The van der Waals surface area contributed by atoms with Crippen molar-refractivity contribution in [2.45, 2.75) is 0 Å². The molecule has 0 aliphatic rings. The molecule has 0 unspecified atom stereocenters. The van der Waals surface area contributed by atoms with Gasteiger partial charge in [0, 0.05) is 71.1 Å². The molecule has 284 valence electrons. The molecule has 0 radical (unpaired) electrons. The number of fused-ring (bicyclic) bond motifs is 6. The number of para-hydroxylation sites is 6. The molecule has 60 heavy (non-hydrogen) atoms. The Morgan fingerprint density at radius 1 is 0.250 bits per heavy atom. The lowest BCUT2D eigenvalue weighted by Crippen LogP contribution is -2.14. The van der Waals surface area contributed by atoms with Gasteiger partial charge < -0.3 is 14.7 Å². The summed E-state index contributed by atoms with van der Waals surface area (Å²) in [6, 6.07) is 85.2. The molecule has 0 saturated heterocycles. The van der Waals surface area contributed by atoms with Crippen LogP contribution in [0, 0.1) is 0 Å². The van der Waals surface area contributed by atoms with Crippen molar-refractivity contribution in [3.8, 4) is 0 Å². The Bertz CT molecular complexity index is 3130. The second-order valence-electron chi connectivity index (χ2n) is 14.9. The van der Waals surface area contributed by atoms with Gasteiger partial charge in [0.25, 0.3) is 0 Å². The molecule has 0 fully saturated rings. The Labute approximate surface area is 353 Å². The summed E-state index contributed by atoms with van der Waals surface area (Å²) in [4.78, 5) is 7.35. The summed E-state index contributed by atoms with van der Waals surface area (Å²) in [5, 5.41) is 7.18. The van der Waals surface area contributed by atoms with Gasteiger partial charge in [0.1, 0.15) is 0 Å². The van der Waals surface area contributed by atoms with Crippen LogP contribution in [0.5, 0.6) is 0 Å². The highest BCUT2D eigenvalue weighted by Crippen LogP contribution is 2.57. The molecule has 0 saturated carbocycles. The molecule has 0 aliphatic heterocycles. The van der Waals surface area contributed by atoms with E-state index in [1.807, 2.05) is 11.3 Å². The largest absolute Gasteiger partial charge is 0.310 e. The predicted octanol–water partition coefficient (Wildman–Crippen LogP) is 16.8. The molecule has 0 spiro atoms. The van der Waals surface area contributed by atoms with Crippen LogP contribution in [0.2, 0.25) is 0 Å². The van der Waals surface area contributed by atoms with E-state index >= 15 is 0 Å². The van der Waals surface area contributed by atoms with E-state index < -0.39 is 0 Å². The maximum atomic E-state index is 2.47. The standard InChI is InChI=1S/C56H39N3S/c1-7-23-40(24-8-1)57(41-25-9-2-10-26-41)51-39-50-52-53(58(42-27-11-3-12-28-42)43-29-13-4-14-30-43)47-36-20-21-37-48(47)54(56(52)60-55(50)49-38-22-19-35-46(49)51)59(44-31-15-5-16-32-44)45-33-17-6-18-34-45/h1-39H. The molecule has 3 nitrogen and oxygen atoms in total. The molecule has 10 aromatic carbocycles. The van der Waals surface area contributed by atoms with Crippen LogP contribution >= 0.6 is 11.3 Å². The lowest BCUT2D eigenvalue weighted by molar-refractivity contribution is 1.30. The highest BCUT2D eigenvalue weighted by Gasteiger charge is 2.29. The highest BCUT2D eigenvalue weighted by molar-refractivity contribution is 7.27. The smallest absolute Gasteiger partial charge is 0.0720 e. The minimum absolute atomic E-state index is 1.10. The Kier molecular flexibility index (Phi) is 9.03. The number of thiophene rings is 1. The molecule has 11 rings (SSSR count). The average molecular weight is 786 g/mol. The van der Waals surface area contributed by atoms with Gasteiger partial charge in [0.05, 0.1) is 21.8 Å². The third-order valence-corrected chi connectivity index (χ3v) is 12.6. The van der Waals surface area contributed by atoms with Crippen LogP contribution in [-0.4, -0.2) is 0 Å².